The first-order valence-corrected chi connectivity index (χ1v) is 6.22. The maximum Gasteiger partial charge on any atom is 0.161 e. The molecule has 15 heavy (non-hydrogen) atoms. The second kappa shape index (κ2) is 5.99. The molecule has 0 fully saturated rings. The number of methoxy groups -OCH3 is 1. The van der Waals surface area contributed by atoms with E-state index in [1.165, 1.54) is 0 Å². The van der Waals surface area contributed by atoms with E-state index in [9.17, 15) is 0 Å². The molecule has 1 atom stereocenters. The molecule has 0 amide bonds. The van der Waals surface area contributed by atoms with Gasteiger partial charge in [-0.05, 0) is 13.2 Å². The maximum absolute atomic E-state index is 5.54. The molecule has 1 aromatic rings. The van der Waals surface area contributed by atoms with Gasteiger partial charge in [-0.2, -0.15) is 16.9 Å². The number of hydrazine groups is 1. The molecule has 0 radical (unpaired) electrons. The summed E-state index contributed by atoms with van der Waals surface area (Å²) in [5.74, 6) is 7.21. The Bertz CT molecular complexity index is 281. The van der Waals surface area contributed by atoms with Crippen molar-refractivity contribution in [2.24, 2.45) is 5.84 Å². The van der Waals surface area contributed by atoms with Gasteiger partial charge in [-0.15, -0.1) is 0 Å². The van der Waals surface area contributed by atoms with Crippen molar-refractivity contribution in [3.63, 3.8) is 0 Å². The van der Waals surface area contributed by atoms with Crippen molar-refractivity contribution in [2.45, 2.75) is 19.5 Å². The normalized spacial score (nSPS) is 12.8. The number of nitrogens with zero attached hydrogens (tertiary/aromatic N) is 2. The lowest BCUT2D eigenvalue weighted by atomic mass is 10.2. The minimum absolute atomic E-state index is 0.0670. The summed E-state index contributed by atoms with van der Waals surface area (Å²) in [6.07, 6.45) is 3.77. The van der Waals surface area contributed by atoms with Crippen molar-refractivity contribution in [1.29, 1.82) is 0 Å². The summed E-state index contributed by atoms with van der Waals surface area (Å²) in [6.45, 7) is 2.86. The number of thioether (sulfide) groups is 1. The largest absolute Gasteiger partial charge is 0.493 e. The third-order valence-electron chi connectivity index (χ3n) is 2.23. The average molecular weight is 230 g/mol. The molecule has 5 nitrogen and oxygen atoms in total. The summed E-state index contributed by atoms with van der Waals surface area (Å²) in [5.41, 5.74) is 3.80. The fraction of sp³-hybridized carbons (Fsp3) is 0.667. The van der Waals surface area contributed by atoms with E-state index in [0.29, 0.717) is 0 Å². The van der Waals surface area contributed by atoms with Crippen LogP contribution in [0.3, 0.4) is 0 Å². The van der Waals surface area contributed by atoms with E-state index in [1.807, 2.05) is 17.9 Å². The summed E-state index contributed by atoms with van der Waals surface area (Å²) >= 11 is 1.73. The van der Waals surface area contributed by atoms with Gasteiger partial charge < -0.3 is 4.74 Å². The Labute approximate surface area is 94.3 Å². The predicted molar refractivity (Wildman–Crippen MR) is 62.9 cm³/mol. The fourth-order valence-corrected chi connectivity index (χ4v) is 2.10. The smallest absolute Gasteiger partial charge is 0.161 e. The second-order valence-corrected chi connectivity index (χ2v) is 4.00. The van der Waals surface area contributed by atoms with E-state index in [-0.39, 0.29) is 6.04 Å². The van der Waals surface area contributed by atoms with Gasteiger partial charge in [-0.1, -0.05) is 0 Å². The molecule has 1 aromatic heterocycles. The van der Waals surface area contributed by atoms with Crippen LogP contribution in [0.4, 0.5) is 0 Å². The zero-order valence-electron chi connectivity index (χ0n) is 9.36. The molecule has 6 heteroatoms. The number of ether oxygens (including phenoxy) is 1. The van der Waals surface area contributed by atoms with Gasteiger partial charge in [-0.3, -0.25) is 16.0 Å². The first-order chi connectivity index (χ1) is 7.28. The van der Waals surface area contributed by atoms with Crippen LogP contribution in [-0.2, 0) is 6.54 Å². The van der Waals surface area contributed by atoms with E-state index in [2.05, 4.69) is 10.5 Å². The van der Waals surface area contributed by atoms with Crippen LogP contribution in [0.5, 0.6) is 5.75 Å². The molecule has 0 saturated heterocycles. The van der Waals surface area contributed by atoms with Crippen molar-refractivity contribution in [1.82, 2.24) is 15.2 Å². The first kappa shape index (κ1) is 12.4. The van der Waals surface area contributed by atoms with Crippen LogP contribution in [0.1, 0.15) is 18.7 Å². The lowest BCUT2D eigenvalue weighted by Gasteiger charge is -2.17. The van der Waals surface area contributed by atoms with Crippen molar-refractivity contribution in [3.05, 3.63) is 11.9 Å². The van der Waals surface area contributed by atoms with Gasteiger partial charge in [0.05, 0.1) is 25.0 Å². The van der Waals surface area contributed by atoms with Crippen LogP contribution < -0.4 is 16.0 Å². The van der Waals surface area contributed by atoms with Crippen molar-refractivity contribution in [2.75, 3.05) is 19.1 Å². The highest BCUT2D eigenvalue weighted by Gasteiger charge is 2.19. The number of nitrogens with two attached hydrogens (primary N) is 1. The second-order valence-electron chi connectivity index (χ2n) is 3.09. The fourth-order valence-electron chi connectivity index (χ4n) is 1.51. The molecule has 1 unspecified atom stereocenters. The van der Waals surface area contributed by atoms with Crippen LogP contribution in [-0.4, -0.2) is 28.9 Å². The number of hydrogen-bond acceptors (Lipinski definition) is 5. The highest BCUT2D eigenvalue weighted by molar-refractivity contribution is 7.98. The zero-order chi connectivity index (χ0) is 11.3. The van der Waals surface area contributed by atoms with E-state index in [0.717, 1.165) is 23.7 Å². The third kappa shape index (κ3) is 2.64. The Hall–Kier alpha value is -0.720. The van der Waals surface area contributed by atoms with Gasteiger partial charge in [0.2, 0.25) is 0 Å². The minimum Gasteiger partial charge on any atom is -0.493 e. The van der Waals surface area contributed by atoms with Crippen LogP contribution in [0.2, 0.25) is 0 Å². The van der Waals surface area contributed by atoms with Crippen LogP contribution in [0, 0.1) is 0 Å². The summed E-state index contributed by atoms with van der Waals surface area (Å²) in [7, 11) is 1.65. The van der Waals surface area contributed by atoms with Crippen molar-refractivity contribution < 1.29 is 4.74 Å². The molecule has 1 heterocycles. The molecular formula is C9H18N4OS. The van der Waals surface area contributed by atoms with Gasteiger partial charge in [-0.25, -0.2) is 0 Å². The van der Waals surface area contributed by atoms with Crippen LogP contribution >= 0.6 is 11.8 Å². The highest BCUT2D eigenvalue weighted by atomic mass is 32.2. The average Bonchev–Trinajstić information content (AvgIpc) is 2.68. The number of aromatic nitrogens is 2. The Morgan fingerprint density at radius 2 is 2.47 bits per heavy atom. The van der Waals surface area contributed by atoms with E-state index in [4.69, 9.17) is 10.6 Å². The summed E-state index contributed by atoms with van der Waals surface area (Å²) in [4.78, 5) is 0. The Balaban J connectivity index is 3.00. The lowest BCUT2D eigenvalue weighted by Crippen LogP contribution is -2.31. The summed E-state index contributed by atoms with van der Waals surface area (Å²) in [5, 5.41) is 4.24. The molecular weight excluding hydrogens is 212 g/mol. The van der Waals surface area contributed by atoms with Gasteiger partial charge in [0.25, 0.3) is 0 Å². The number of aryl methyl sites for hydroxylation is 1. The predicted octanol–water partition coefficient (Wildman–Crippen LogP) is 0.779. The summed E-state index contributed by atoms with van der Waals surface area (Å²) in [6, 6.07) is 0.0670. The Kier molecular flexibility index (Phi) is 4.93. The molecule has 0 spiro atoms. The van der Waals surface area contributed by atoms with Gasteiger partial charge in [0.15, 0.2) is 5.75 Å². The van der Waals surface area contributed by atoms with Crippen LogP contribution in [0.25, 0.3) is 0 Å². The molecule has 0 aliphatic carbocycles. The van der Waals surface area contributed by atoms with Crippen molar-refractivity contribution in [3.8, 4) is 5.75 Å². The van der Waals surface area contributed by atoms with E-state index in [1.54, 1.807) is 25.1 Å². The number of hydrogen-bond donors (Lipinski definition) is 2. The Morgan fingerprint density at radius 1 is 1.73 bits per heavy atom. The molecule has 0 aromatic carbocycles. The quantitative estimate of drug-likeness (QED) is 0.558. The van der Waals surface area contributed by atoms with Crippen LogP contribution in [0.15, 0.2) is 6.20 Å². The highest BCUT2D eigenvalue weighted by Crippen LogP contribution is 2.26. The van der Waals surface area contributed by atoms with Gasteiger partial charge in [0.1, 0.15) is 0 Å². The topological polar surface area (TPSA) is 65.1 Å². The SMILES string of the molecule is CCn1ncc(OC)c1C(CSC)NN. The first-order valence-electron chi connectivity index (χ1n) is 4.83. The monoisotopic (exact) mass is 230 g/mol. The molecule has 0 aliphatic heterocycles. The Morgan fingerprint density at radius 3 is 2.93 bits per heavy atom. The standard InChI is InChI=1S/C9H18N4OS/c1-4-13-9(7(12-10)6-15-3)8(14-2)5-11-13/h5,7,12H,4,6,10H2,1-3H3. The van der Waals surface area contributed by atoms with E-state index < -0.39 is 0 Å². The minimum atomic E-state index is 0.0670. The molecule has 3 N–H and O–H groups in total. The third-order valence-corrected chi connectivity index (χ3v) is 2.90. The molecule has 86 valence electrons. The lowest BCUT2D eigenvalue weighted by molar-refractivity contribution is 0.397. The molecule has 0 aliphatic rings. The maximum atomic E-state index is 5.54. The van der Waals surface area contributed by atoms with E-state index >= 15 is 0 Å². The molecule has 1 rings (SSSR count). The molecule has 0 bridgehead atoms. The molecule has 0 saturated carbocycles. The zero-order valence-corrected chi connectivity index (χ0v) is 10.2. The van der Waals surface area contributed by atoms with Gasteiger partial charge in [0, 0.05) is 12.3 Å². The number of nitrogens with one attached hydrogen (secondary N) is 1. The summed E-state index contributed by atoms with van der Waals surface area (Å²) < 4.78 is 7.17. The number of rotatable bonds is 6. The van der Waals surface area contributed by atoms with Gasteiger partial charge >= 0.3 is 0 Å². The van der Waals surface area contributed by atoms with Crippen molar-refractivity contribution >= 4 is 11.8 Å².